The van der Waals surface area contributed by atoms with Gasteiger partial charge >= 0.3 is 0 Å². The zero-order valence-electron chi connectivity index (χ0n) is 16.0. The summed E-state index contributed by atoms with van der Waals surface area (Å²) in [5, 5.41) is 0.657. The Morgan fingerprint density at radius 1 is 1.08 bits per heavy atom. The standard InChI is InChI=1S/C22H26N2O2/c1-16-9-7-11-18(22(2,3)4)20(16)26-14-8-13-24-15-23-19-12-6-5-10-17(19)21(24)25/h5-7,9-12,15H,8,13-14H2,1-4H3. The molecule has 4 heteroatoms. The fourth-order valence-corrected chi connectivity index (χ4v) is 3.11. The molecule has 0 atom stereocenters. The van der Waals surface area contributed by atoms with Crippen LogP contribution in [-0.4, -0.2) is 16.2 Å². The Morgan fingerprint density at radius 2 is 1.85 bits per heavy atom. The van der Waals surface area contributed by atoms with Crippen molar-refractivity contribution in [3.63, 3.8) is 0 Å². The van der Waals surface area contributed by atoms with E-state index in [9.17, 15) is 4.79 Å². The third kappa shape index (κ3) is 3.79. The number of aryl methyl sites for hydroxylation is 2. The van der Waals surface area contributed by atoms with E-state index < -0.39 is 0 Å². The van der Waals surface area contributed by atoms with Crippen molar-refractivity contribution in [3.05, 3.63) is 70.3 Å². The van der Waals surface area contributed by atoms with Crippen LogP contribution in [0, 0.1) is 6.92 Å². The van der Waals surface area contributed by atoms with Crippen molar-refractivity contribution in [2.75, 3.05) is 6.61 Å². The van der Waals surface area contributed by atoms with Gasteiger partial charge in [0.15, 0.2) is 0 Å². The Morgan fingerprint density at radius 3 is 2.62 bits per heavy atom. The van der Waals surface area contributed by atoms with Gasteiger partial charge in [-0.2, -0.15) is 0 Å². The second-order valence-corrected chi connectivity index (χ2v) is 7.66. The van der Waals surface area contributed by atoms with E-state index in [1.165, 1.54) is 5.56 Å². The second-order valence-electron chi connectivity index (χ2n) is 7.66. The molecule has 0 amide bonds. The molecule has 0 unspecified atom stereocenters. The summed E-state index contributed by atoms with van der Waals surface area (Å²) in [4.78, 5) is 16.9. The Hall–Kier alpha value is -2.62. The Labute approximate surface area is 154 Å². The van der Waals surface area contributed by atoms with E-state index in [4.69, 9.17) is 4.74 Å². The van der Waals surface area contributed by atoms with Crippen molar-refractivity contribution >= 4 is 10.9 Å². The Balaban J connectivity index is 1.69. The number of ether oxygens (including phenoxy) is 1. The molecule has 2 aromatic carbocycles. The average Bonchev–Trinajstić information content (AvgIpc) is 2.60. The number of benzene rings is 2. The highest BCUT2D eigenvalue weighted by Gasteiger charge is 2.20. The molecule has 26 heavy (non-hydrogen) atoms. The van der Waals surface area contributed by atoms with Crippen LogP contribution >= 0.6 is 0 Å². The van der Waals surface area contributed by atoms with E-state index in [0.29, 0.717) is 18.5 Å². The fourth-order valence-electron chi connectivity index (χ4n) is 3.11. The number of hydrogen-bond donors (Lipinski definition) is 0. The van der Waals surface area contributed by atoms with Gasteiger partial charge in [0.2, 0.25) is 0 Å². The van der Waals surface area contributed by atoms with Crippen LogP contribution in [0.1, 0.15) is 38.3 Å². The largest absolute Gasteiger partial charge is 0.493 e. The summed E-state index contributed by atoms with van der Waals surface area (Å²) in [5.41, 5.74) is 3.12. The third-order valence-electron chi connectivity index (χ3n) is 4.54. The normalized spacial score (nSPS) is 11.7. The van der Waals surface area contributed by atoms with Crippen molar-refractivity contribution < 1.29 is 4.74 Å². The van der Waals surface area contributed by atoms with Crippen molar-refractivity contribution in [1.29, 1.82) is 0 Å². The van der Waals surface area contributed by atoms with Crippen LogP contribution < -0.4 is 10.3 Å². The zero-order chi connectivity index (χ0) is 18.7. The van der Waals surface area contributed by atoms with Gasteiger partial charge in [-0.05, 0) is 42.0 Å². The lowest BCUT2D eigenvalue weighted by Crippen LogP contribution is -2.22. The second kappa shape index (κ2) is 7.32. The van der Waals surface area contributed by atoms with Crippen LogP contribution in [0.15, 0.2) is 53.6 Å². The number of nitrogens with zero attached hydrogens (tertiary/aromatic N) is 2. The zero-order valence-corrected chi connectivity index (χ0v) is 16.0. The van der Waals surface area contributed by atoms with E-state index in [2.05, 4.69) is 50.9 Å². The van der Waals surface area contributed by atoms with Crippen molar-refractivity contribution in [2.45, 2.75) is 46.1 Å². The number of fused-ring (bicyclic) bond motifs is 1. The van der Waals surface area contributed by atoms with Gasteiger partial charge in [-0.15, -0.1) is 0 Å². The van der Waals surface area contributed by atoms with Gasteiger partial charge in [-0.3, -0.25) is 9.36 Å². The first-order valence-electron chi connectivity index (χ1n) is 9.05. The van der Waals surface area contributed by atoms with E-state index >= 15 is 0 Å². The van der Waals surface area contributed by atoms with Crippen LogP contribution in [0.3, 0.4) is 0 Å². The predicted octanol–water partition coefficient (Wildman–Crippen LogP) is 4.47. The lowest BCUT2D eigenvalue weighted by molar-refractivity contribution is 0.291. The molecule has 0 radical (unpaired) electrons. The van der Waals surface area contributed by atoms with Gasteiger partial charge in [0.25, 0.3) is 5.56 Å². The van der Waals surface area contributed by atoms with E-state index in [-0.39, 0.29) is 11.0 Å². The maximum atomic E-state index is 12.5. The quantitative estimate of drug-likeness (QED) is 0.638. The molecule has 1 aromatic heterocycles. The van der Waals surface area contributed by atoms with Crippen molar-refractivity contribution in [1.82, 2.24) is 9.55 Å². The number of para-hydroxylation sites is 2. The van der Waals surface area contributed by atoms with Gasteiger partial charge in [0, 0.05) is 6.54 Å². The molecule has 0 N–H and O–H groups in total. The van der Waals surface area contributed by atoms with Crippen molar-refractivity contribution in [3.8, 4) is 5.75 Å². The van der Waals surface area contributed by atoms with Crippen LogP contribution in [0.25, 0.3) is 10.9 Å². The summed E-state index contributed by atoms with van der Waals surface area (Å²) in [6.07, 6.45) is 2.37. The summed E-state index contributed by atoms with van der Waals surface area (Å²) in [7, 11) is 0. The first-order valence-corrected chi connectivity index (χ1v) is 9.05. The summed E-state index contributed by atoms with van der Waals surface area (Å²) >= 11 is 0. The maximum absolute atomic E-state index is 12.5. The number of rotatable bonds is 5. The first kappa shape index (κ1) is 18.2. The summed E-state index contributed by atoms with van der Waals surface area (Å²) in [6, 6.07) is 13.7. The highest BCUT2D eigenvalue weighted by molar-refractivity contribution is 5.76. The monoisotopic (exact) mass is 350 g/mol. The van der Waals surface area contributed by atoms with Gasteiger partial charge in [0.1, 0.15) is 5.75 Å². The summed E-state index contributed by atoms with van der Waals surface area (Å²) in [5.74, 6) is 0.962. The maximum Gasteiger partial charge on any atom is 0.261 e. The molecule has 3 rings (SSSR count). The smallest absolute Gasteiger partial charge is 0.261 e. The molecule has 0 fully saturated rings. The van der Waals surface area contributed by atoms with E-state index in [0.717, 1.165) is 23.3 Å². The molecule has 0 aliphatic carbocycles. The molecular weight excluding hydrogens is 324 g/mol. The third-order valence-corrected chi connectivity index (χ3v) is 4.54. The average molecular weight is 350 g/mol. The Bertz CT molecular complexity index is 968. The fraction of sp³-hybridized carbons (Fsp3) is 0.364. The van der Waals surface area contributed by atoms with Gasteiger partial charge in [-0.25, -0.2) is 4.98 Å². The molecule has 136 valence electrons. The van der Waals surface area contributed by atoms with Crippen LogP contribution in [0.4, 0.5) is 0 Å². The molecule has 0 saturated carbocycles. The van der Waals surface area contributed by atoms with Crippen LogP contribution in [0.2, 0.25) is 0 Å². The molecule has 0 aliphatic heterocycles. The topological polar surface area (TPSA) is 44.1 Å². The van der Waals surface area contributed by atoms with E-state index in [1.807, 2.05) is 24.3 Å². The number of hydrogen-bond acceptors (Lipinski definition) is 3. The molecule has 0 spiro atoms. The molecular formula is C22H26N2O2. The Kier molecular flexibility index (Phi) is 5.12. The highest BCUT2D eigenvalue weighted by atomic mass is 16.5. The molecule has 0 saturated heterocycles. The van der Waals surface area contributed by atoms with Crippen molar-refractivity contribution in [2.24, 2.45) is 0 Å². The lowest BCUT2D eigenvalue weighted by atomic mass is 9.85. The predicted molar refractivity (Wildman–Crippen MR) is 106 cm³/mol. The first-order chi connectivity index (χ1) is 12.4. The minimum Gasteiger partial charge on any atom is -0.493 e. The summed E-state index contributed by atoms with van der Waals surface area (Å²) in [6.45, 7) is 9.79. The van der Waals surface area contributed by atoms with Gasteiger partial charge < -0.3 is 4.74 Å². The van der Waals surface area contributed by atoms with Crippen LogP contribution in [-0.2, 0) is 12.0 Å². The number of aromatic nitrogens is 2. The molecule has 1 heterocycles. The van der Waals surface area contributed by atoms with Gasteiger partial charge in [0.05, 0.1) is 23.8 Å². The van der Waals surface area contributed by atoms with E-state index in [1.54, 1.807) is 10.9 Å². The summed E-state index contributed by atoms with van der Waals surface area (Å²) < 4.78 is 7.77. The molecule has 0 aliphatic rings. The molecule has 0 bridgehead atoms. The lowest BCUT2D eigenvalue weighted by Gasteiger charge is -2.24. The minimum atomic E-state index is 0.00173. The SMILES string of the molecule is Cc1cccc(C(C)(C)C)c1OCCCn1cnc2ccccc2c1=O. The van der Waals surface area contributed by atoms with Gasteiger partial charge in [-0.1, -0.05) is 51.1 Å². The minimum absolute atomic E-state index is 0.00173. The molecule has 4 nitrogen and oxygen atoms in total. The van der Waals surface area contributed by atoms with Crippen LogP contribution in [0.5, 0.6) is 5.75 Å². The molecule has 3 aromatic rings. The highest BCUT2D eigenvalue weighted by Crippen LogP contribution is 2.33.